The molecule has 2 aliphatic heterocycles. The van der Waals surface area contributed by atoms with Crippen molar-refractivity contribution in [1.82, 2.24) is 9.80 Å². The van der Waals surface area contributed by atoms with E-state index in [1.165, 1.54) is 6.20 Å². The maximum Gasteiger partial charge on any atom is 0.246 e. The molecule has 3 rings (SSSR count). The van der Waals surface area contributed by atoms with Crippen LogP contribution in [0.25, 0.3) is 5.57 Å². The molecular weight excluding hydrogens is 406 g/mol. The summed E-state index contributed by atoms with van der Waals surface area (Å²) in [6.07, 6.45) is 5.27. The van der Waals surface area contributed by atoms with E-state index in [9.17, 15) is 9.90 Å². The summed E-state index contributed by atoms with van der Waals surface area (Å²) < 4.78 is 5.34. The number of aliphatic hydroxyl groups is 1. The van der Waals surface area contributed by atoms with Gasteiger partial charge in [-0.3, -0.25) is 4.79 Å². The molecule has 0 bridgehead atoms. The number of benzene rings is 1. The molecule has 8 nitrogen and oxygen atoms in total. The van der Waals surface area contributed by atoms with Gasteiger partial charge in [0.2, 0.25) is 5.91 Å². The summed E-state index contributed by atoms with van der Waals surface area (Å²) in [5, 5.41) is 9.45. The van der Waals surface area contributed by atoms with Crippen molar-refractivity contribution in [3.63, 3.8) is 0 Å². The molecular formula is C24H31N5O3. The fourth-order valence-electron chi connectivity index (χ4n) is 3.80. The number of morpholine rings is 1. The van der Waals surface area contributed by atoms with Crippen molar-refractivity contribution in [3.05, 3.63) is 77.4 Å². The van der Waals surface area contributed by atoms with Gasteiger partial charge in [0.25, 0.3) is 0 Å². The third-order valence-electron chi connectivity index (χ3n) is 5.37. The van der Waals surface area contributed by atoms with Crippen molar-refractivity contribution < 1.29 is 14.6 Å². The van der Waals surface area contributed by atoms with E-state index >= 15 is 0 Å². The number of allylic oxidation sites excluding steroid dienone is 1. The Bertz CT molecular complexity index is 966. The molecule has 1 fully saturated rings. The molecule has 0 aromatic heterocycles. The van der Waals surface area contributed by atoms with Crippen LogP contribution in [0, 0.1) is 6.92 Å². The van der Waals surface area contributed by atoms with Gasteiger partial charge in [-0.05, 0) is 25.0 Å². The molecule has 2 aliphatic rings. The lowest BCUT2D eigenvalue weighted by Crippen LogP contribution is -2.39. The average Bonchev–Trinajstić information content (AvgIpc) is 3.10. The lowest BCUT2D eigenvalue weighted by molar-refractivity contribution is -0.129. The Hall–Kier alpha value is -3.36. The lowest BCUT2D eigenvalue weighted by Gasteiger charge is -2.26. The van der Waals surface area contributed by atoms with Crippen molar-refractivity contribution in [2.24, 2.45) is 16.5 Å². The fraction of sp³-hybridized carbons (Fsp3) is 0.333. The van der Waals surface area contributed by atoms with Crippen LogP contribution < -0.4 is 11.5 Å². The van der Waals surface area contributed by atoms with Gasteiger partial charge in [-0.1, -0.05) is 36.4 Å². The maximum absolute atomic E-state index is 12.8. The van der Waals surface area contributed by atoms with Crippen LogP contribution in [-0.4, -0.2) is 66.1 Å². The van der Waals surface area contributed by atoms with Crippen LogP contribution in [0.4, 0.5) is 0 Å². The van der Waals surface area contributed by atoms with Crippen molar-refractivity contribution in [3.8, 4) is 0 Å². The van der Waals surface area contributed by atoms with E-state index in [0.717, 1.165) is 22.4 Å². The Morgan fingerprint density at radius 2 is 1.94 bits per heavy atom. The molecule has 2 heterocycles. The summed E-state index contributed by atoms with van der Waals surface area (Å²) in [6.45, 7) is 8.42. The predicted molar refractivity (Wildman–Crippen MR) is 126 cm³/mol. The standard InChI is InChI=1S/C24H31N5O3/c1-3-27-24-22(23(25)26)21(18-7-5-17(2)6-8-18)19(29(24)11-4-14-30)9-10-20(31)28-12-15-32-16-13-28/h3,5-10,30H,1,4,11-16,25-26H2,2H3/b10-9+,27-24+. The highest BCUT2D eigenvalue weighted by Gasteiger charge is 2.34. The Labute approximate surface area is 188 Å². The van der Waals surface area contributed by atoms with Crippen LogP contribution >= 0.6 is 0 Å². The summed E-state index contributed by atoms with van der Waals surface area (Å²) in [5.41, 5.74) is 16.4. The van der Waals surface area contributed by atoms with Gasteiger partial charge in [-0.25, -0.2) is 4.99 Å². The molecule has 0 saturated carbocycles. The Morgan fingerprint density at radius 1 is 1.25 bits per heavy atom. The van der Waals surface area contributed by atoms with E-state index in [1.54, 1.807) is 17.1 Å². The van der Waals surface area contributed by atoms with Gasteiger partial charge in [0.1, 0.15) is 11.7 Å². The van der Waals surface area contributed by atoms with Gasteiger partial charge >= 0.3 is 0 Å². The highest BCUT2D eigenvalue weighted by molar-refractivity contribution is 6.19. The summed E-state index contributed by atoms with van der Waals surface area (Å²) in [6, 6.07) is 8.00. The van der Waals surface area contributed by atoms with Gasteiger partial charge in [0.05, 0.1) is 24.5 Å². The van der Waals surface area contributed by atoms with Crippen molar-refractivity contribution in [1.29, 1.82) is 0 Å². The average molecular weight is 438 g/mol. The van der Waals surface area contributed by atoms with Crippen LogP contribution in [0.15, 0.2) is 71.3 Å². The normalized spacial score (nSPS) is 18.2. The van der Waals surface area contributed by atoms with Gasteiger partial charge in [0, 0.05) is 44.1 Å². The second-order valence-electron chi connectivity index (χ2n) is 7.59. The van der Waals surface area contributed by atoms with Crippen LogP contribution in [0.2, 0.25) is 0 Å². The number of nitrogens with two attached hydrogens (primary N) is 2. The molecule has 0 spiro atoms. The van der Waals surface area contributed by atoms with Crippen molar-refractivity contribution in [2.75, 3.05) is 39.5 Å². The first-order valence-electron chi connectivity index (χ1n) is 10.7. The molecule has 170 valence electrons. The summed E-state index contributed by atoms with van der Waals surface area (Å²) >= 11 is 0. The van der Waals surface area contributed by atoms with E-state index in [1.807, 2.05) is 36.1 Å². The number of carbonyl (C=O) groups is 1. The minimum atomic E-state index is -0.0912. The van der Waals surface area contributed by atoms with E-state index < -0.39 is 0 Å². The molecule has 8 heteroatoms. The van der Waals surface area contributed by atoms with Crippen molar-refractivity contribution >= 4 is 17.3 Å². The number of aryl methyl sites for hydroxylation is 1. The first kappa shape index (κ1) is 23.3. The molecule has 0 unspecified atom stereocenters. The molecule has 1 amide bonds. The van der Waals surface area contributed by atoms with Gasteiger partial charge in [-0.2, -0.15) is 0 Å². The SMILES string of the molecule is C=C/N=C1\C(=C(N)N)C(c2ccc(C)cc2)=C(/C=C/C(=O)N2CCOCC2)N1CCCO. The molecule has 1 aromatic carbocycles. The van der Waals surface area contributed by atoms with E-state index in [0.29, 0.717) is 50.7 Å². The number of amides is 1. The first-order chi connectivity index (χ1) is 15.5. The quantitative estimate of drug-likeness (QED) is 0.557. The molecule has 0 atom stereocenters. The maximum atomic E-state index is 12.8. The lowest BCUT2D eigenvalue weighted by atomic mass is 9.97. The third kappa shape index (κ3) is 5.09. The van der Waals surface area contributed by atoms with Crippen LogP contribution in [0.1, 0.15) is 17.5 Å². The zero-order valence-electron chi connectivity index (χ0n) is 18.5. The molecule has 0 radical (unpaired) electrons. The fourth-order valence-corrected chi connectivity index (χ4v) is 3.80. The topological polar surface area (TPSA) is 117 Å². The zero-order chi connectivity index (χ0) is 23.1. The Kier molecular flexibility index (Phi) is 7.86. The molecule has 1 saturated heterocycles. The largest absolute Gasteiger partial charge is 0.396 e. The van der Waals surface area contributed by atoms with E-state index in [2.05, 4.69) is 11.6 Å². The number of carbonyl (C=O) groups excluding carboxylic acids is 1. The second-order valence-corrected chi connectivity index (χ2v) is 7.59. The van der Waals surface area contributed by atoms with Crippen LogP contribution in [0.5, 0.6) is 0 Å². The number of nitrogens with zero attached hydrogens (tertiary/aromatic N) is 3. The van der Waals surface area contributed by atoms with Gasteiger partial charge in [0.15, 0.2) is 0 Å². The minimum Gasteiger partial charge on any atom is -0.396 e. The van der Waals surface area contributed by atoms with Crippen LogP contribution in [0.3, 0.4) is 0 Å². The monoisotopic (exact) mass is 437 g/mol. The molecule has 5 N–H and O–H groups in total. The smallest absolute Gasteiger partial charge is 0.246 e. The highest BCUT2D eigenvalue weighted by atomic mass is 16.5. The number of ether oxygens (including phenoxy) is 1. The number of aliphatic imine (C=N–C) groups is 1. The number of aliphatic hydroxyl groups excluding tert-OH is 1. The van der Waals surface area contributed by atoms with Crippen LogP contribution in [-0.2, 0) is 9.53 Å². The minimum absolute atomic E-state index is 0.0125. The first-order valence-corrected chi connectivity index (χ1v) is 10.7. The summed E-state index contributed by atoms with van der Waals surface area (Å²) in [4.78, 5) is 20.9. The molecule has 32 heavy (non-hydrogen) atoms. The molecule has 0 aliphatic carbocycles. The second kappa shape index (κ2) is 10.8. The number of hydrogen-bond donors (Lipinski definition) is 3. The van der Waals surface area contributed by atoms with Crippen molar-refractivity contribution in [2.45, 2.75) is 13.3 Å². The number of amidine groups is 1. The van der Waals surface area contributed by atoms with Gasteiger partial charge in [-0.15, -0.1) is 0 Å². The number of rotatable bonds is 7. The zero-order valence-corrected chi connectivity index (χ0v) is 18.5. The van der Waals surface area contributed by atoms with Gasteiger partial charge < -0.3 is 31.1 Å². The summed E-state index contributed by atoms with van der Waals surface area (Å²) in [5.74, 6) is 0.576. The summed E-state index contributed by atoms with van der Waals surface area (Å²) in [7, 11) is 0. The van der Waals surface area contributed by atoms with E-state index in [4.69, 9.17) is 16.2 Å². The Morgan fingerprint density at radius 3 is 2.53 bits per heavy atom. The Balaban J connectivity index is 2.14. The molecule has 1 aromatic rings. The predicted octanol–water partition coefficient (Wildman–Crippen LogP) is 1.49. The third-order valence-corrected chi connectivity index (χ3v) is 5.37. The number of hydrogen-bond acceptors (Lipinski definition) is 6. The van der Waals surface area contributed by atoms with E-state index in [-0.39, 0.29) is 18.3 Å². The highest BCUT2D eigenvalue weighted by Crippen LogP contribution is 2.39.